The molecule has 220 valence electrons. The molecule has 3 heterocycles. The van der Waals surface area contributed by atoms with Gasteiger partial charge in [0.25, 0.3) is 5.91 Å². The number of carboxylic acids is 1. The molecule has 0 bridgehead atoms. The minimum atomic E-state index is -1.58. The maximum Gasteiger partial charge on any atom is 0.303 e. The number of hydrogen-bond acceptors (Lipinski definition) is 6. The Hall–Kier alpha value is -4.45. The van der Waals surface area contributed by atoms with Gasteiger partial charge in [-0.2, -0.15) is 9.61 Å². The number of aliphatic carboxylic acids is 1. The van der Waals surface area contributed by atoms with Gasteiger partial charge in [0, 0.05) is 50.6 Å². The molecule has 2 atom stereocenters. The van der Waals surface area contributed by atoms with Gasteiger partial charge in [0.1, 0.15) is 5.82 Å². The van der Waals surface area contributed by atoms with Crippen LogP contribution in [0.3, 0.4) is 0 Å². The lowest BCUT2D eigenvalue weighted by Gasteiger charge is -2.36. The smallest absolute Gasteiger partial charge is 0.303 e. The first-order chi connectivity index (χ1) is 20.0. The average molecular weight is 582 g/mol. The van der Waals surface area contributed by atoms with Gasteiger partial charge in [-0.05, 0) is 49.4 Å². The van der Waals surface area contributed by atoms with Crippen LogP contribution < -0.4 is 4.90 Å². The van der Waals surface area contributed by atoms with Gasteiger partial charge in [-0.25, -0.2) is 18.2 Å². The first-order valence-corrected chi connectivity index (χ1v) is 13.4. The van der Waals surface area contributed by atoms with Crippen LogP contribution in [0.25, 0.3) is 16.9 Å². The monoisotopic (exact) mass is 581 g/mol. The number of aryl methyl sites for hydroxylation is 2. The van der Waals surface area contributed by atoms with Crippen LogP contribution in [-0.2, 0) is 9.53 Å². The quantitative estimate of drug-likeness (QED) is 0.301. The van der Waals surface area contributed by atoms with E-state index in [0.717, 1.165) is 28.9 Å². The summed E-state index contributed by atoms with van der Waals surface area (Å²) in [5, 5.41) is 13.8. The number of para-hydroxylation sites is 1. The van der Waals surface area contributed by atoms with Crippen molar-refractivity contribution in [3.05, 3.63) is 76.7 Å². The first-order valence-electron chi connectivity index (χ1n) is 13.4. The molecule has 1 amide bonds. The third-order valence-corrected chi connectivity index (χ3v) is 7.75. The van der Waals surface area contributed by atoms with Gasteiger partial charge in [-0.1, -0.05) is 18.2 Å². The molecule has 1 aliphatic rings. The van der Waals surface area contributed by atoms with E-state index >= 15 is 0 Å². The number of fused-ring (bicyclic) bond motifs is 1. The van der Waals surface area contributed by atoms with E-state index < -0.39 is 35.4 Å². The van der Waals surface area contributed by atoms with Crippen LogP contribution in [-0.4, -0.2) is 69.8 Å². The number of carbonyl (C=O) groups excluding carboxylic acids is 1. The highest BCUT2D eigenvalue weighted by molar-refractivity contribution is 5.94. The third kappa shape index (κ3) is 5.41. The van der Waals surface area contributed by atoms with Crippen molar-refractivity contribution in [2.75, 3.05) is 32.1 Å². The number of piperidine rings is 1. The van der Waals surface area contributed by atoms with Crippen LogP contribution in [0.15, 0.2) is 42.5 Å². The number of nitrogens with zero attached hydrogens (tertiary/aromatic N) is 5. The topological polar surface area (TPSA) is 100 Å². The number of ether oxygens (including phenoxy) is 1. The first kappa shape index (κ1) is 29.1. The van der Waals surface area contributed by atoms with E-state index in [1.54, 1.807) is 18.0 Å². The Morgan fingerprint density at radius 2 is 1.76 bits per heavy atom. The molecule has 9 nitrogen and oxygen atoms in total. The molecule has 12 heteroatoms. The minimum absolute atomic E-state index is 0.0163. The van der Waals surface area contributed by atoms with E-state index in [0.29, 0.717) is 18.8 Å². The molecular formula is C30H30F3N5O4. The number of methoxy groups -OCH3 is 1. The molecule has 2 aromatic carbocycles. The Kier molecular flexibility index (Phi) is 7.91. The van der Waals surface area contributed by atoms with Crippen molar-refractivity contribution < 1.29 is 32.6 Å². The second-order valence-corrected chi connectivity index (χ2v) is 10.5. The highest BCUT2D eigenvalue weighted by atomic mass is 19.2. The summed E-state index contributed by atoms with van der Waals surface area (Å²) >= 11 is 0. The average Bonchev–Trinajstić information content (AvgIpc) is 3.39. The zero-order chi connectivity index (χ0) is 30.3. The molecule has 5 rings (SSSR count). The SMILES string of the molecule is COC1CN(C(=O)c2cc3nc(-c4cc(F)c(F)c(F)c4)cc(N(C)c4c(C)cccc4C)n3n2)CCC1CC(=O)O. The van der Waals surface area contributed by atoms with Crippen LogP contribution >= 0.6 is 0 Å². The van der Waals surface area contributed by atoms with Gasteiger partial charge in [0.05, 0.1) is 18.2 Å². The zero-order valence-electron chi connectivity index (χ0n) is 23.6. The zero-order valence-corrected chi connectivity index (χ0v) is 23.6. The van der Waals surface area contributed by atoms with Crippen molar-refractivity contribution >= 4 is 29.0 Å². The molecule has 1 aliphatic heterocycles. The molecule has 1 fully saturated rings. The number of hydrogen-bond donors (Lipinski definition) is 1. The Balaban J connectivity index is 1.60. The lowest BCUT2D eigenvalue weighted by Crippen LogP contribution is -2.48. The van der Waals surface area contributed by atoms with Crippen LogP contribution in [0.1, 0.15) is 34.5 Å². The molecule has 0 aliphatic carbocycles. The summed E-state index contributed by atoms with van der Waals surface area (Å²) < 4.78 is 49.1. The van der Waals surface area contributed by atoms with E-state index in [2.05, 4.69) is 10.1 Å². The number of likely N-dealkylation sites (tertiary alicyclic amines) is 1. The van der Waals surface area contributed by atoms with Gasteiger partial charge >= 0.3 is 5.97 Å². The van der Waals surface area contributed by atoms with Crippen molar-refractivity contribution in [3.8, 4) is 11.3 Å². The van der Waals surface area contributed by atoms with Gasteiger partial charge in [-0.15, -0.1) is 0 Å². The van der Waals surface area contributed by atoms with E-state index in [1.165, 1.54) is 17.7 Å². The van der Waals surface area contributed by atoms with E-state index in [1.807, 2.05) is 36.9 Å². The van der Waals surface area contributed by atoms with Gasteiger partial charge in [0.15, 0.2) is 28.8 Å². The largest absolute Gasteiger partial charge is 0.481 e. The maximum atomic E-state index is 14.2. The Bertz CT molecular complexity index is 1650. The molecule has 0 radical (unpaired) electrons. The summed E-state index contributed by atoms with van der Waals surface area (Å²) in [6.45, 7) is 4.41. The molecule has 2 aromatic heterocycles. The van der Waals surface area contributed by atoms with E-state index in [-0.39, 0.29) is 41.5 Å². The number of benzene rings is 2. The number of carboxylic acid groups (broad SMARTS) is 1. The highest BCUT2D eigenvalue weighted by Gasteiger charge is 2.34. The highest BCUT2D eigenvalue weighted by Crippen LogP contribution is 2.34. The van der Waals surface area contributed by atoms with E-state index in [4.69, 9.17) is 4.74 Å². The molecule has 0 spiro atoms. The molecule has 1 saturated heterocycles. The number of aromatic nitrogens is 3. The summed E-state index contributed by atoms with van der Waals surface area (Å²) in [6.07, 6.45) is -0.0519. The summed E-state index contributed by atoms with van der Waals surface area (Å²) in [6, 6.07) is 10.6. The molecule has 42 heavy (non-hydrogen) atoms. The Morgan fingerprint density at radius 1 is 1.10 bits per heavy atom. The van der Waals surface area contributed by atoms with Gasteiger partial charge in [0.2, 0.25) is 0 Å². The van der Waals surface area contributed by atoms with Gasteiger partial charge < -0.3 is 19.6 Å². The van der Waals surface area contributed by atoms with Crippen LogP contribution in [0, 0.1) is 37.2 Å². The number of rotatable bonds is 7. The van der Waals surface area contributed by atoms with Crippen molar-refractivity contribution in [1.29, 1.82) is 0 Å². The Morgan fingerprint density at radius 3 is 2.38 bits per heavy atom. The predicted molar refractivity (Wildman–Crippen MR) is 149 cm³/mol. The molecule has 0 saturated carbocycles. The lowest BCUT2D eigenvalue weighted by molar-refractivity contribution is -0.140. The predicted octanol–water partition coefficient (Wildman–Crippen LogP) is 5.15. The standard InChI is InChI=1S/C30H30F3N5O4/c1-16-6-5-7-17(2)29(16)36(3)26-14-22(19-10-20(31)28(33)21(32)11-19)34-25-13-23(35-38(25)26)30(41)37-9-8-18(12-27(39)40)24(15-37)42-4/h5-7,10-11,13-14,18,24H,8-9,12,15H2,1-4H3,(H,39,40). The number of anilines is 2. The van der Waals surface area contributed by atoms with Gasteiger partial charge in [-0.3, -0.25) is 9.59 Å². The lowest BCUT2D eigenvalue weighted by atomic mass is 9.90. The second-order valence-electron chi connectivity index (χ2n) is 10.5. The van der Waals surface area contributed by atoms with Crippen molar-refractivity contribution in [2.24, 2.45) is 5.92 Å². The fourth-order valence-corrected chi connectivity index (χ4v) is 5.64. The van der Waals surface area contributed by atoms with Crippen LogP contribution in [0.2, 0.25) is 0 Å². The summed E-state index contributed by atoms with van der Waals surface area (Å²) in [5.41, 5.74) is 3.27. The normalized spacial score (nSPS) is 17.1. The maximum absolute atomic E-state index is 14.2. The minimum Gasteiger partial charge on any atom is -0.481 e. The molecular weight excluding hydrogens is 551 g/mol. The molecule has 2 unspecified atom stereocenters. The summed E-state index contributed by atoms with van der Waals surface area (Å²) in [4.78, 5) is 32.8. The summed E-state index contributed by atoms with van der Waals surface area (Å²) in [5.74, 6) is -5.36. The second kappa shape index (κ2) is 11.4. The van der Waals surface area contributed by atoms with E-state index in [9.17, 15) is 27.9 Å². The van der Waals surface area contributed by atoms with Crippen LogP contribution in [0.5, 0.6) is 0 Å². The van der Waals surface area contributed by atoms with Crippen molar-refractivity contribution in [3.63, 3.8) is 0 Å². The fraction of sp³-hybridized carbons (Fsp3) is 0.333. The molecule has 4 aromatic rings. The van der Waals surface area contributed by atoms with Crippen LogP contribution in [0.4, 0.5) is 24.7 Å². The Labute approximate surface area is 240 Å². The third-order valence-electron chi connectivity index (χ3n) is 7.75. The number of amides is 1. The fourth-order valence-electron chi connectivity index (χ4n) is 5.64. The number of carbonyl (C=O) groups is 2. The number of halogens is 3. The molecule has 1 N–H and O–H groups in total. The summed E-state index contributed by atoms with van der Waals surface area (Å²) in [7, 11) is 3.29. The van der Waals surface area contributed by atoms with Crippen molar-refractivity contribution in [2.45, 2.75) is 32.8 Å². The van der Waals surface area contributed by atoms with Crippen molar-refractivity contribution in [1.82, 2.24) is 19.5 Å².